The molecule has 1 rings (SSSR count). The molecule has 1 aromatic rings. The number of esters is 1. The molecule has 0 amide bonds. The standard InChI is InChI=1S/C14H19Cl2NO2/c1-5-19-13(18)9-14(2,17(3)4)11-7-6-10(15)8-12(11)16/h6-8H,5,9H2,1-4H3. The summed E-state index contributed by atoms with van der Waals surface area (Å²) in [6.07, 6.45) is 0.231. The minimum Gasteiger partial charge on any atom is -0.466 e. The highest BCUT2D eigenvalue weighted by Crippen LogP contribution is 2.36. The maximum Gasteiger partial charge on any atom is 0.308 e. The minimum absolute atomic E-state index is 0.231. The van der Waals surface area contributed by atoms with Crippen LogP contribution in [0.5, 0.6) is 0 Å². The molecule has 1 unspecified atom stereocenters. The van der Waals surface area contributed by atoms with Crippen LogP contribution in [0.4, 0.5) is 0 Å². The summed E-state index contributed by atoms with van der Waals surface area (Å²) in [5.41, 5.74) is 0.324. The average molecular weight is 304 g/mol. The predicted molar refractivity (Wildman–Crippen MR) is 78.8 cm³/mol. The first-order chi connectivity index (χ1) is 8.81. The van der Waals surface area contributed by atoms with Crippen LogP contribution in [0.2, 0.25) is 10.0 Å². The second kappa shape index (κ2) is 6.60. The fraction of sp³-hybridized carbons (Fsp3) is 0.500. The molecule has 5 heteroatoms. The first-order valence-corrected chi connectivity index (χ1v) is 6.85. The summed E-state index contributed by atoms with van der Waals surface area (Å²) in [5.74, 6) is -0.246. The van der Waals surface area contributed by atoms with Gasteiger partial charge < -0.3 is 4.74 Å². The van der Waals surface area contributed by atoms with E-state index in [1.165, 1.54) is 0 Å². The quantitative estimate of drug-likeness (QED) is 0.776. The highest BCUT2D eigenvalue weighted by molar-refractivity contribution is 6.35. The Bertz CT molecular complexity index is 463. The molecule has 0 aliphatic carbocycles. The number of nitrogens with zero attached hydrogens (tertiary/aromatic N) is 1. The zero-order valence-electron chi connectivity index (χ0n) is 11.7. The van der Waals surface area contributed by atoms with Crippen LogP contribution in [0.25, 0.3) is 0 Å². The maximum atomic E-state index is 11.8. The number of rotatable bonds is 5. The normalized spacial score (nSPS) is 14.3. The van der Waals surface area contributed by atoms with E-state index in [0.717, 1.165) is 5.56 Å². The molecule has 0 saturated carbocycles. The largest absolute Gasteiger partial charge is 0.466 e. The number of halogens is 2. The Morgan fingerprint density at radius 1 is 1.37 bits per heavy atom. The number of carbonyl (C=O) groups is 1. The lowest BCUT2D eigenvalue weighted by Crippen LogP contribution is -2.41. The first kappa shape index (κ1) is 16.3. The molecule has 0 bridgehead atoms. The van der Waals surface area contributed by atoms with Crippen molar-refractivity contribution in [2.45, 2.75) is 25.8 Å². The van der Waals surface area contributed by atoms with Crippen LogP contribution in [0.15, 0.2) is 18.2 Å². The first-order valence-electron chi connectivity index (χ1n) is 6.10. The third kappa shape index (κ3) is 3.85. The number of carbonyl (C=O) groups excluding carboxylic acids is 1. The lowest BCUT2D eigenvalue weighted by Gasteiger charge is -2.37. The Morgan fingerprint density at radius 2 is 2.00 bits per heavy atom. The summed E-state index contributed by atoms with van der Waals surface area (Å²) in [5, 5.41) is 1.12. The molecule has 0 saturated heterocycles. The summed E-state index contributed by atoms with van der Waals surface area (Å²) >= 11 is 12.2. The molecular weight excluding hydrogens is 285 g/mol. The molecule has 19 heavy (non-hydrogen) atoms. The van der Waals surface area contributed by atoms with Crippen LogP contribution in [-0.2, 0) is 15.1 Å². The lowest BCUT2D eigenvalue weighted by molar-refractivity contribution is -0.146. The van der Waals surface area contributed by atoms with E-state index in [1.807, 2.05) is 32.0 Å². The van der Waals surface area contributed by atoms with Gasteiger partial charge >= 0.3 is 5.97 Å². The van der Waals surface area contributed by atoms with E-state index in [9.17, 15) is 4.79 Å². The van der Waals surface area contributed by atoms with Crippen molar-refractivity contribution < 1.29 is 9.53 Å². The van der Waals surface area contributed by atoms with Gasteiger partial charge in [-0.1, -0.05) is 29.3 Å². The van der Waals surface area contributed by atoms with E-state index >= 15 is 0 Å². The zero-order valence-corrected chi connectivity index (χ0v) is 13.2. The van der Waals surface area contributed by atoms with E-state index in [1.54, 1.807) is 19.1 Å². The van der Waals surface area contributed by atoms with Gasteiger partial charge in [-0.3, -0.25) is 9.69 Å². The molecule has 1 aromatic carbocycles. The summed E-state index contributed by atoms with van der Waals surface area (Å²) in [6, 6.07) is 5.31. The number of hydrogen-bond acceptors (Lipinski definition) is 3. The highest BCUT2D eigenvalue weighted by atomic mass is 35.5. The zero-order chi connectivity index (χ0) is 14.6. The smallest absolute Gasteiger partial charge is 0.308 e. The van der Waals surface area contributed by atoms with Gasteiger partial charge in [0.15, 0.2) is 0 Å². The molecule has 1 atom stereocenters. The Balaban J connectivity index is 3.14. The van der Waals surface area contributed by atoms with Gasteiger partial charge in [-0.05, 0) is 45.6 Å². The lowest BCUT2D eigenvalue weighted by atomic mass is 9.87. The molecule has 3 nitrogen and oxygen atoms in total. The van der Waals surface area contributed by atoms with Gasteiger partial charge in [-0.25, -0.2) is 0 Å². The fourth-order valence-corrected chi connectivity index (χ4v) is 2.53. The van der Waals surface area contributed by atoms with Crippen molar-refractivity contribution in [2.24, 2.45) is 0 Å². The van der Waals surface area contributed by atoms with Gasteiger partial charge in [-0.15, -0.1) is 0 Å². The Kier molecular flexibility index (Phi) is 5.65. The number of ether oxygens (including phenoxy) is 1. The summed E-state index contributed by atoms with van der Waals surface area (Å²) in [4.78, 5) is 13.8. The molecule has 0 aliphatic rings. The number of benzene rings is 1. The van der Waals surface area contributed by atoms with E-state index in [4.69, 9.17) is 27.9 Å². The van der Waals surface area contributed by atoms with Gasteiger partial charge in [0.2, 0.25) is 0 Å². The minimum atomic E-state index is -0.534. The van der Waals surface area contributed by atoms with Crippen LogP contribution >= 0.6 is 23.2 Å². The van der Waals surface area contributed by atoms with Crippen molar-refractivity contribution in [1.29, 1.82) is 0 Å². The molecule has 0 N–H and O–H groups in total. The van der Waals surface area contributed by atoms with E-state index < -0.39 is 5.54 Å². The second-order valence-electron chi connectivity index (χ2n) is 4.77. The van der Waals surface area contributed by atoms with E-state index in [0.29, 0.717) is 16.7 Å². The summed E-state index contributed by atoms with van der Waals surface area (Å²) < 4.78 is 5.04. The fourth-order valence-electron chi connectivity index (χ4n) is 1.91. The summed E-state index contributed by atoms with van der Waals surface area (Å²) in [6.45, 7) is 4.12. The average Bonchev–Trinajstić information content (AvgIpc) is 2.28. The molecule has 0 radical (unpaired) electrons. The van der Waals surface area contributed by atoms with Gasteiger partial charge in [0, 0.05) is 10.0 Å². The topological polar surface area (TPSA) is 29.5 Å². The Labute approximate surface area is 124 Å². The monoisotopic (exact) mass is 303 g/mol. The van der Waals surface area contributed by atoms with Gasteiger partial charge in [0.1, 0.15) is 0 Å². The molecular formula is C14H19Cl2NO2. The molecule has 0 aliphatic heterocycles. The predicted octanol–water partition coefficient (Wildman–Crippen LogP) is 3.72. The highest BCUT2D eigenvalue weighted by Gasteiger charge is 2.34. The third-order valence-corrected chi connectivity index (χ3v) is 3.84. The van der Waals surface area contributed by atoms with E-state index in [2.05, 4.69) is 0 Å². The van der Waals surface area contributed by atoms with Gasteiger partial charge in [0.25, 0.3) is 0 Å². The molecule has 106 valence electrons. The van der Waals surface area contributed by atoms with Crippen molar-refractivity contribution in [3.05, 3.63) is 33.8 Å². The van der Waals surface area contributed by atoms with E-state index in [-0.39, 0.29) is 12.4 Å². The van der Waals surface area contributed by atoms with Gasteiger partial charge in [-0.2, -0.15) is 0 Å². The van der Waals surface area contributed by atoms with Crippen molar-refractivity contribution in [3.8, 4) is 0 Å². The van der Waals surface area contributed by atoms with Crippen molar-refractivity contribution in [3.63, 3.8) is 0 Å². The van der Waals surface area contributed by atoms with Crippen LogP contribution in [0.1, 0.15) is 25.8 Å². The third-order valence-electron chi connectivity index (χ3n) is 3.29. The van der Waals surface area contributed by atoms with Crippen LogP contribution in [-0.4, -0.2) is 31.6 Å². The number of hydrogen-bond donors (Lipinski definition) is 0. The Hall–Kier alpha value is -0.770. The molecule has 0 fully saturated rings. The summed E-state index contributed by atoms with van der Waals surface area (Å²) in [7, 11) is 3.81. The SMILES string of the molecule is CCOC(=O)CC(C)(c1ccc(Cl)cc1Cl)N(C)C. The Morgan fingerprint density at radius 3 is 2.47 bits per heavy atom. The van der Waals surface area contributed by atoms with Gasteiger partial charge in [0.05, 0.1) is 18.6 Å². The molecule has 0 heterocycles. The van der Waals surface area contributed by atoms with Crippen molar-refractivity contribution >= 4 is 29.2 Å². The maximum absolute atomic E-state index is 11.8. The van der Waals surface area contributed by atoms with Crippen LogP contribution in [0.3, 0.4) is 0 Å². The van der Waals surface area contributed by atoms with Crippen molar-refractivity contribution in [1.82, 2.24) is 4.90 Å². The van der Waals surface area contributed by atoms with Crippen LogP contribution in [0, 0.1) is 0 Å². The second-order valence-corrected chi connectivity index (χ2v) is 5.62. The van der Waals surface area contributed by atoms with Crippen LogP contribution < -0.4 is 0 Å². The molecule has 0 aromatic heterocycles. The molecule has 0 spiro atoms. The van der Waals surface area contributed by atoms with Crippen molar-refractivity contribution in [2.75, 3.05) is 20.7 Å².